The minimum Gasteiger partial charge on any atom is -0.339 e. The van der Waals surface area contributed by atoms with E-state index in [-0.39, 0.29) is 23.1 Å². The third-order valence-corrected chi connectivity index (χ3v) is 2.92. The number of Topliss-reactive ketones (excluding diaryl/α,β-unsaturated/α-hetero) is 1. The number of carbonyl (C=O) groups is 1. The zero-order valence-electron chi connectivity index (χ0n) is 11.2. The van der Waals surface area contributed by atoms with Gasteiger partial charge < -0.3 is 4.52 Å². The highest BCUT2D eigenvalue weighted by molar-refractivity contribution is 6.31. The highest BCUT2D eigenvalue weighted by Crippen LogP contribution is 2.23. The maximum Gasteiger partial charge on any atom is 0.234 e. The van der Waals surface area contributed by atoms with E-state index in [1.807, 2.05) is 13.8 Å². The van der Waals surface area contributed by atoms with Crippen LogP contribution in [0.3, 0.4) is 0 Å². The Bertz CT molecular complexity index is 625. The molecule has 1 heterocycles. The van der Waals surface area contributed by atoms with Gasteiger partial charge in [0.15, 0.2) is 0 Å². The van der Waals surface area contributed by atoms with Gasteiger partial charge in [-0.25, -0.2) is 4.39 Å². The summed E-state index contributed by atoms with van der Waals surface area (Å²) in [5.41, 5.74) is 0.544. The second-order valence-corrected chi connectivity index (χ2v) is 5.36. The van der Waals surface area contributed by atoms with Gasteiger partial charge in [0.1, 0.15) is 11.6 Å². The summed E-state index contributed by atoms with van der Waals surface area (Å²) in [6, 6.07) is 4.16. The third-order valence-electron chi connectivity index (χ3n) is 2.63. The molecule has 1 aromatic carbocycles. The lowest BCUT2D eigenvalue weighted by Crippen LogP contribution is -2.06. The lowest BCUT2D eigenvalue weighted by atomic mass is 10.1. The molecule has 0 unspecified atom stereocenters. The summed E-state index contributed by atoms with van der Waals surface area (Å²) in [6.07, 6.45) is 0.584. The average molecular weight is 297 g/mol. The smallest absolute Gasteiger partial charge is 0.234 e. The first kappa shape index (κ1) is 14.7. The number of hydrogen-bond acceptors (Lipinski definition) is 4. The van der Waals surface area contributed by atoms with Crippen molar-refractivity contribution < 1.29 is 13.7 Å². The summed E-state index contributed by atoms with van der Waals surface area (Å²) in [5.74, 6) is 0.379. The summed E-state index contributed by atoms with van der Waals surface area (Å²) >= 11 is 5.70. The molecular formula is C14H14ClFN2O2. The van der Waals surface area contributed by atoms with E-state index in [4.69, 9.17) is 16.1 Å². The molecule has 0 saturated carbocycles. The molecule has 0 spiro atoms. The largest absolute Gasteiger partial charge is 0.339 e. The minimum atomic E-state index is -0.508. The molecule has 0 atom stereocenters. The van der Waals surface area contributed by atoms with Crippen molar-refractivity contribution in [1.29, 1.82) is 0 Å². The van der Waals surface area contributed by atoms with Crippen LogP contribution in [0.15, 0.2) is 22.7 Å². The number of nitrogens with zero attached hydrogens (tertiary/aromatic N) is 2. The van der Waals surface area contributed by atoms with Crippen LogP contribution in [0.25, 0.3) is 11.4 Å². The fraction of sp³-hybridized carbons (Fsp3) is 0.357. The van der Waals surface area contributed by atoms with Gasteiger partial charge in [-0.2, -0.15) is 4.98 Å². The van der Waals surface area contributed by atoms with E-state index in [2.05, 4.69) is 10.1 Å². The van der Waals surface area contributed by atoms with Gasteiger partial charge in [0.2, 0.25) is 11.7 Å². The van der Waals surface area contributed by atoms with Crippen LogP contribution < -0.4 is 0 Å². The van der Waals surface area contributed by atoms with E-state index in [9.17, 15) is 9.18 Å². The fourth-order valence-electron chi connectivity index (χ4n) is 1.78. The third kappa shape index (κ3) is 3.63. The molecule has 2 aromatic rings. The molecule has 0 amide bonds. The summed E-state index contributed by atoms with van der Waals surface area (Å²) in [7, 11) is 0. The lowest BCUT2D eigenvalue weighted by Gasteiger charge is -2.00. The van der Waals surface area contributed by atoms with Crippen molar-refractivity contribution in [3.8, 4) is 11.4 Å². The second kappa shape index (κ2) is 6.13. The van der Waals surface area contributed by atoms with Crippen LogP contribution in [-0.4, -0.2) is 15.9 Å². The normalized spacial score (nSPS) is 11.1. The highest BCUT2D eigenvalue weighted by Gasteiger charge is 2.14. The van der Waals surface area contributed by atoms with Gasteiger partial charge in [-0.1, -0.05) is 30.6 Å². The highest BCUT2D eigenvalue weighted by atomic mass is 35.5. The molecule has 2 rings (SSSR count). The predicted octanol–water partition coefficient (Wildman–Crippen LogP) is 3.69. The molecule has 20 heavy (non-hydrogen) atoms. The monoisotopic (exact) mass is 296 g/mol. The Balaban J connectivity index is 2.12. The number of hydrogen-bond donors (Lipinski definition) is 0. The van der Waals surface area contributed by atoms with Gasteiger partial charge >= 0.3 is 0 Å². The minimum absolute atomic E-state index is 0.00951. The lowest BCUT2D eigenvalue weighted by molar-refractivity contribution is -0.119. The summed E-state index contributed by atoms with van der Waals surface area (Å²) in [6.45, 7) is 3.94. The molecule has 6 heteroatoms. The molecule has 0 radical (unpaired) electrons. The molecule has 0 fully saturated rings. The first-order valence-electron chi connectivity index (χ1n) is 6.25. The Morgan fingerprint density at radius 3 is 2.85 bits per heavy atom. The van der Waals surface area contributed by atoms with Gasteiger partial charge in [0.25, 0.3) is 0 Å². The number of rotatable bonds is 5. The van der Waals surface area contributed by atoms with Crippen molar-refractivity contribution in [3.05, 3.63) is 34.9 Å². The summed E-state index contributed by atoms with van der Waals surface area (Å²) in [5, 5.41) is 3.76. The molecule has 106 valence electrons. The van der Waals surface area contributed by atoms with Gasteiger partial charge in [-0.3, -0.25) is 4.79 Å². The molecule has 0 aliphatic heterocycles. The van der Waals surface area contributed by atoms with Gasteiger partial charge in [0.05, 0.1) is 11.4 Å². The van der Waals surface area contributed by atoms with Crippen molar-refractivity contribution in [2.45, 2.75) is 26.7 Å². The molecule has 0 aliphatic rings. The van der Waals surface area contributed by atoms with Crippen LogP contribution >= 0.6 is 11.6 Å². The van der Waals surface area contributed by atoms with E-state index < -0.39 is 5.82 Å². The van der Waals surface area contributed by atoms with E-state index in [1.165, 1.54) is 18.2 Å². The molecule has 0 bridgehead atoms. The van der Waals surface area contributed by atoms with Crippen LogP contribution in [0.1, 0.15) is 26.2 Å². The maximum atomic E-state index is 13.1. The molecule has 0 saturated heterocycles. The Morgan fingerprint density at radius 1 is 1.45 bits per heavy atom. The van der Waals surface area contributed by atoms with Crippen molar-refractivity contribution in [2.24, 2.45) is 5.92 Å². The Hall–Kier alpha value is -1.75. The van der Waals surface area contributed by atoms with Crippen LogP contribution in [0.2, 0.25) is 5.02 Å². The molecular weight excluding hydrogens is 283 g/mol. The number of aromatic nitrogens is 2. The quantitative estimate of drug-likeness (QED) is 0.844. The zero-order valence-corrected chi connectivity index (χ0v) is 11.9. The van der Waals surface area contributed by atoms with Crippen molar-refractivity contribution in [3.63, 3.8) is 0 Å². The van der Waals surface area contributed by atoms with Gasteiger partial charge in [0, 0.05) is 12.0 Å². The van der Waals surface area contributed by atoms with E-state index in [1.54, 1.807) is 0 Å². The first-order chi connectivity index (χ1) is 9.45. The van der Waals surface area contributed by atoms with Crippen molar-refractivity contribution >= 4 is 17.4 Å². The molecule has 4 nitrogen and oxygen atoms in total. The Kier molecular flexibility index (Phi) is 4.49. The van der Waals surface area contributed by atoms with Gasteiger partial charge in [-0.15, -0.1) is 0 Å². The van der Waals surface area contributed by atoms with E-state index in [0.717, 1.165) is 0 Å². The van der Waals surface area contributed by atoms with Crippen LogP contribution in [0.5, 0.6) is 0 Å². The maximum absolute atomic E-state index is 13.1. The summed E-state index contributed by atoms with van der Waals surface area (Å²) < 4.78 is 18.1. The number of carbonyl (C=O) groups excluding carboxylic acids is 1. The van der Waals surface area contributed by atoms with Crippen LogP contribution in [-0.2, 0) is 11.2 Å². The van der Waals surface area contributed by atoms with Crippen LogP contribution in [0.4, 0.5) is 4.39 Å². The van der Waals surface area contributed by atoms with Crippen molar-refractivity contribution in [1.82, 2.24) is 10.1 Å². The topological polar surface area (TPSA) is 56.0 Å². The Labute approximate surface area is 120 Å². The molecule has 1 aromatic heterocycles. The molecule has 0 N–H and O–H groups in total. The fourth-order valence-corrected chi connectivity index (χ4v) is 1.96. The van der Waals surface area contributed by atoms with E-state index in [0.29, 0.717) is 23.7 Å². The second-order valence-electron chi connectivity index (χ2n) is 4.95. The standard InChI is InChI=1S/C14H14ClFN2O2/c1-8(2)5-10(19)7-13-17-14(18-20-13)9-3-4-12(16)11(15)6-9/h3-4,6,8H,5,7H2,1-2H3. The number of benzene rings is 1. The summed E-state index contributed by atoms with van der Waals surface area (Å²) in [4.78, 5) is 15.8. The molecule has 0 aliphatic carbocycles. The van der Waals surface area contributed by atoms with E-state index >= 15 is 0 Å². The van der Waals surface area contributed by atoms with Crippen molar-refractivity contribution in [2.75, 3.05) is 0 Å². The SMILES string of the molecule is CC(C)CC(=O)Cc1nc(-c2ccc(F)c(Cl)c2)no1. The van der Waals surface area contributed by atoms with Gasteiger partial charge in [-0.05, 0) is 24.1 Å². The van der Waals surface area contributed by atoms with Crippen LogP contribution in [0, 0.1) is 11.7 Å². The average Bonchev–Trinajstić information content (AvgIpc) is 2.80. The zero-order chi connectivity index (χ0) is 14.7. The number of ketones is 1. The number of halogens is 2. The predicted molar refractivity (Wildman–Crippen MR) is 72.9 cm³/mol. The Morgan fingerprint density at radius 2 is 2.20 bits per heavy atom. The first-order valence-corrected chi connectivity index (χ1v) is 6.63.